The largest absolute Gasteiger partial charge is 0.339 e. The van der Waals surface area contributed by atoms with Crippen molar-refractivity contribution in [3.8, 4) is 0 Å². The topological polar surface area (TPSA) is 90.1 Å². The zero-order chi connectivity index (χ0) is 11.6. The van der Waals surface area contributed by atoms with Crippen LogP contribution in [0, 0.1) is 0 Å². The van der Waals surface area contributed by atoms with Crippen LogP contribution in [0.1, 0.15) is 35.8 Å². The van der Waals surface area contributed by atoms with Crippen LogP contribution >= 0.6 is 0 Å². The standard InChI is InChI=1S/C9H12N2O4S/c12-6-8-10-9(15-11-8)5-7-3-1-2-4-16(7,13)14/h6-7H,1-5H2. The van der Waals surface area contributed by atoms with E-state index in [9.17, 15) is 13.2 Å². The third-order valence-electron chi connectivity index (χ3n) is 2.70. The maximum Gasteiger partial charge on any atom is 0.235 e. The predicted octanol–water partition coefficient (Wildman–Crippen LogP) is 0.392. The van der Waals surface area contributed by atoms with Crippen molar-refractivity contribution in [3.63, 3.8) is 0 Å². The molecule has 0 radical (unpaired) electrons. The van der Waals surface area contributed by atoms with Crippen molar-refractivity contribution in [3.05, 3.63) is 11.7 Å². The molecule has 0 aliphatic carbocycles. The van der Waals surface area contributed by atoms with Gasteiger partial charge < -0.3 is 4.52 Å². The molecule has 1 saturated heterocycles. The van der Waals surface area contributed by atoms with E-state index in [-0.39, 0.29) is 23.9 Å². The lowest BCUT2D eigenvalue weighted by atomic mass is 10.1. The SMILES string of the molecule is O=Cc1noc(CC2CCCCS2(=O)=O)n1. The lowest BCUT2D eigenvalue weighted by molar-refractivity contribution is 0.111. The van der Waals surface area contributed by atoms with Crippen LogP contribution in [0.4, 0.5) is 0 Å². The van der Waals surface area contributed by atoms with Gasteiger partial charge in [0, 0.05) is 6.42 Å². The molecule has 0 bridgehead atoms. The van der Waals surface area contributed by atoms with Gasteiger partial charge in [-0.1, -0.05) is 11.6 Å². The summed E-state index contributed by atoms with van der Waals surface area (Å²) in [6, 6.07) is 0. The summed E-state index contributed by atoms with van der Waals surface area (Å²) in [5.74, 6) is 0.410. The first kappa shape index (κ1) is 11.3. The zero-order valence-corrected chi connectivity index (χ0v) is 9.44. The molecule has 88 valence electrons. The highest BCUT2D eigenvalue weighted by molar-refractivity contribution is 7.92. The molecule has 1 fully saturated rings. The Morgan fingerprint density at radius 1 is 1.44 bits per heavy atom. The normalized spacial score (nSPS) is 24.1. The van der Waals surface area contributed by atoms with Crippen LogP contribution < -0.4 is 0 Å². The molecule has 1 aromatic heterocycles. The number of sulfone groups is 1. The van der Waals surface area contributed by atoms with Gasteiger partial charge in [0.25, 0.3) is 0 Å². The molecule has 0 N–H and O–H groups in total. The van der Waals surface area contributed by atoms with E-state index < -0.39 is 15.1 Å². The highest BCUT2D eigenvalue weighted by atomic mass is 32.2. The van der Waals surface area contributed by atoms with E-state index in [1.54, 1.807) is 0 Å². The molecule has 0 saturated carbocycles. The third-order valence-corrected chi connectivity index (χ3v) is 4.98. The first-order valence-electron chi connectivity index (χ1n) is 5.11. The fraction of sp³-hybridized carbons (Fsp3) is 0.667. The van der Waals surface area contributed by atoms with Crippen LogP contribution in [0.2, 0.25) is 0 Å². The maximum atomic E-state index is 11.7. The van der Waals surface area contributed by atoms with Crippen molar-refractivity contribution in [1.82, 2.24) is 10.1 Å². The van der Waals surface area contributed by atoms with Gasteiger partial charge in [0.1, 0.15) is 0 Å². The molecule has 2 rings (SSSR count). The molecule has 0 amide bonds. The first-order chi connectivity index (χ1) is 7.62. The monoisotopic (exact) mass is 244 g/mol. The van der Waals surface area contributed by atoms with E-state index in [1.165, 1.54) is 0 Å². The minimum absolute atomic E-state index is 0.0387. The smallest absolute Gasteiger partial charge is 0.235 e. The summed E-state index contributed by atoms with van der Waals surface area (Å²) in [5, 5.41) is 2.96. The van der Waals surface area contributed by atoms with E-state index in [2.05, 4.69) is 10.1 Å². The van der Waals surface area contributed by atoms with Gasteiger partial charge in [-0.3, -0.25) is 4.79 Å². The fourth-order valence-electron chi connectivity index (χ4n) is 1.84. The summed E-state index contributed by atoms with van der Waals surface area (Å²) < 4.78 is 28.2. The number of rotatable bonds is 3. The van der Waals surface area contributed by atoms with Crippen molar-refractivity contribution in [2.75, 3.05) is 5.75 Å². The minimum atomic E-state index is -3.04. The van der Waals surface area contributed by atoms with Gasteiger partial charge in [0.15, 0.2) is 16.1 Å². The van der Waals surface area contributed by atoms with Crippen molar-refractivity contribution in [2.45, 2.75) is 30.9 Å². The lowest BCUT2D eigenvalue weighted by Gasteiger charge is -2.20. The number of carbonyl (C=O) groups excluding carboxylic acids is 1. The number of carbonyl (C=O) groups is 1. The molecule has 1 atom stereocenters. The van der Waals surface area contributed by atoms with E-state index in [0.717, 1.165) is 12.8 Å². The van der Waals surface area contributed by atoms with Crippen molar-refractivity contribution in [1.29, 1.82) is 0 Å². The van der Waals surface area contributed by atoms with Crippen molar-refractivity contribution < 1.29 is 17.7 Å². The minimum Gasteiger partial charge on any atom is -0.339 e. The van der Waals surface area contributed by atoms with Crippen molar-refractivity contribution >= 4 is 16.1 Å². The van der Waals surface area contributed by atoms with E-state index in [0.29, 0.717) is 12.7 Å². The molecular weight excluding hydrogens is 232 g/mol. The molecule has 7 heteroatoms. The van der Waals surface area contributed by atoms with Crippen LogP contribution in [-0.4, -0.2) is 35.8 Å². The van der Waals surface area contributed by atoms with Gasteiger partial charge in [-0.25, -0.2) is 8.42 Å². The van der Waals surface area contributed by atoms with Crippen molar-refractivity contribution in [2.24, 2.45) is 0 Å². The third kappa shape index (κ3) is 2.29. The van der Waals surface area contributed by atoms with Gasteiger partial charge in [0.2, 0.25) is 11.7 Å². The molecule has 1 aromatic rings. The summed E-state index contributed by atoms with van der Waals surface area (Å²) in [4.78, 5) is 14.1. The van der Waals surface area contributed by atoms with Gasteiger partial charge >= 0.3 is 0 Å². The summed E-state index contributed by atoms with van der Waals surface area (Å²) in [5.41, 5.74) is 0. The van der Waals surface area contributed by atoms with Gasteiger partial charge in [-0.15, -0.1) is 0 Å². The highest BCUT2D eigenvalue weighted by Crippen LogP contribution is 2.22. The Hall–Kier alpha value is -1.24. The maximum absolute atomic E-state index is 11.7. The second-order valence-electron chi connectivity index (χ2n) is 3.85. The number of aromatic nitrogens is 2. The summed E-state index contributed by atoms with van der Waals surface area (Å²) in [6.45, 7) is 0. The number of hydrogen-bond donors (Lipinski definition) is 0. The average Bonchev–Trinajstić information content (AvgIpc) is 2.69. The summed E-state index contributed by atoms with van der Waals surface area (Å²) in [7, 11) is -3.04. The molecule has 6 nitrogen and oxygen atoms in total. The Morgan fingerprint density at radius 3 is 2.88 bits per heavy atom. The Morgan fingerprint density at radius 2 is 2.25 bits per heavy atom. The Balaban J connectivity index is 2.11. The molecule has 0 aromatic carbocycles. The lowest BCUT2D eigenvalue weighted by Crippen LogP contribution is -2.30. The van der Waals surface area contributed by atoms with Crippen LogP contribution in [0.5, 0.6) is 0 Å². The summed E-state index contributed by atoms with van der Waals surface area (Å²) >= 11 is 0. The Kier molecular flexibility index (Phi) is 3.04. The van der Waals surface area contributed by atoms with Crippen LogP contribution in [0.25, 0.3) is 0 Å². The molecule has 0 spiro atoms. The number of hydrogen-bond acceptors (Lipinski definition) is 6. The molecule has 16 heavy (non-hydrogen) atoms. The Bertz CT molecular complexity index is 479. The fourth-order valence-corrected chi connectivity index (χ4v) is 3.71. The van der Waals surface area contributed by atoms with Crippen LogP contribution in [0.15, 0.2) is 4.52 Å². The molecule has 1 unspecified atom stereocenters. The van der Waals surface area contributed by atoms with Gasteiger partial charge in [-0.2, -0.15) is 4.98 Å². The average molecular weight is 244 g/mol. The molecule has 2 heterocycles. The van der Waals surface area contributed by atoms with Crippen LogP contribution in [0.3, 0.4) is 0 Å². The van der Waals surface area contributed by atoms with Gasteiger partial charge in [-0.05, 0) is 12.8 Å². The predicted molar refractivity (Wildman–Crippen MR) is 54.8 cm³/mol. The molecular formula is C9H12N2O4S. The Labute approximate surface area is 93.0 Å². The van der Waals surface area contributed by atoms with Gasteiger partial charge in [0.05, 0.1) is 11.0 Å². The molecule has 1 aliphatic rings. The summed E-state index contributed by atoms with van der Waals surface area (Å²) in [6.07, 6.45) is 2.94. The second-order valence-corrected chi connectivity index (χ2v) is 6.25. The van der Waals surface area contributed by atoms with E-state index in [1.807, 2.05) is 0 Å². The van der Waals surface area contributed by atoms with E-state index in [4.69, 9.17) is 4.52 Å². The first-order valence-corrected chi connectivity index (χ1v) is 6.83. The van der Waals surface area contributed by atoms with E-state index >= 15 is 0 Å². The number of nitrogens with zero attached hydrogens (tertiary/aromatic N) is 2. The quantitative estimate of drug-likeness (QED) is 0.714. The molecule has 1 aliphatic heterocycles. The zero-order valence-electron chi connectivity index (χ0n) is 8.63. The second kappa shape index (κ2) is 4.32. The number of aldehydes is 1. The van der Waals surface area contributed by atoms with Crippen LogP contribution in [-0.2, 0) is 16.3 Å². The highest BCUT2D eigenvalue weighted by Gasteiger charge is 2.30.